The minimum Gasteiger partial charge on any atom is -0.494 e. The number of piperazine rings is 1. The van der Waals surface area contributed by atoms with Gasteiger partial charge in [0.2, 0.25) is 11.8 Å². The quantitative estimate of drug-likeness (QED) is 0.653. The Morgan fingerprint density at radius 2 is 2.04 bits per heavy atom. The molecule has 0 amide bonds. The van der Waals surface area contributed by atoms with Crippen LogP contribution in [0.2, 0.25) is 5.02 Å². The summed E-state index contributed by atoms with van der Waals surface area (Å²) in [6.45, 7) is 4.44. The van der Waals surface area contributed by atoms with Crippen LogP contribution in [0.4, 0.5) is 11.8 Å². The van der Waals surface area contributed by atoms with E-state index in [1.807, 2.05) is 18.2 Å². The lowest BCUT2D eigenvalue weighted by Gasteiger charge is -2.32. The third-order valence-electron chi connectivity index (χ3n) is 4.82. The van der Waals surface area contributed by atoms with Crippen molar-refractivity contribution in [2.75, 3.05) is 50.0 Å². The van der Waals surface area contributed by atoms with Crippen molar-refractivity contribution < 1.29 is 5.11 Å². The maximum atomic E-state index is 11.8. The van der Waals surface area contributed by atoms with Crippen LogP contribution in [0.5, 0.6) is 5.88 Å². The van der Waals surface area contributed by atoms with Gasteiger partial charge in [0, 0.05) is 49.7 Å². The van der Waals surface area contributed by atoms with Gasteiger partial charge in [-0.1, -0.05) is 22.9 Å². The summed E-state index contributed by atoms with van der Waals surface area (Å²) >= 11 is 7.15. The average Bonchev–Trinajstić information content (AvgIpc) is 3.00. The van der Waals surface area contributed by atoms with Crippen LogP contribution in [0.15, 0.2) is 28.4 Å². The molecule has 3 heterocycles. The van der Waals surface area contributed by atoms with Crippen LogP contribution in [0, 0.1) is 0 Å². The first-order valence-electron chi connectivity index (χ1n) is 9.03. The third-order valence-corrected chi connectivity index (χ3v) is 5.81. The molecular weight excluding hydrogens is 400 g/mol. The van der Waals surface area contributed by atoms with E-state index in [0.717, 1.165) is 48.4 Å². The number of rotatable bonds is 5. The second-order valence-electron chi connectivity index (χ2n) is 6.76. The second-order valence-corrected chi connectivity index (χ2v) is 8.02. The first-order chi connectivity index (χ1) is 13.5. The van der Waals surface area contributed by atoms with E-state index in [-0.39, 0.29) is 10.8 Å². The molecule has 28 heavy (non-hydrogen) atoms. The van der Waals surface area contributed by atoms with E-state index in [1.165, 1.54) is 9.95 Å². The Labute approximate surface area is 171 Å². The van der Waals surface area contributed by atoms with Crippen LogP contribution in [0.1, 0.15) is 0 Å². The number of halogens is 1. The van der Waals surface area contributed by atoms with Gasteiger partial charge >= 0.3 is 4.87 Å². The van der Waals surface area contributed by atoms with Gasteiger partial charge in [-0.2, -0.15) is 4.98 Å². The van der Waals surface area contributed by atoms with Crippen molar-refractivity contribution in [3.63, 3.8) is 0 Å². The molecule has 1 aliphatic rings. The lowest BCUT2D eigenvalue weighted by Crippen LogP contribution is -2.45. The second kappa shape index (κ2) is 7.94. The molecule has 0 saturated carbocycles. The molecule has 0 bridgehead atoms. The predicted molar refractivity (Wildman–Crippen MR) is 113 cm³/mol. The van der Waals surface area contributed by atoms with Gasteiger partial charge in [-0.05, 0) is 25.2 Å². The smallest absolute Gasteiger partial charge is 0.310 e. The molecule has 1 aromatic carbocycles. The van der Waals surface area contributed by atoms with Crippen molar-refractivity contribution >= 4 is 45.6 Å². The maximum absolute atomic E-state index is 11.8. The molecule has 3 aromatic rings. The van der Waals surface area contributed by atoms with E-state index in [1.54, 1.807) is 0 Å². The molecular formula is C18H21ClN6O2S. The van der Waals surface area contributed by atoms with Crippen molar-refractivity contribution in [2.45, 2.75) is 6.54 Å². The van der Waals surface area contributed by atoms with Crippen molar-refractivity contribution in [1.29, 1.82) is 0 Å². The Morgan fingerprint density at radius 3 is 2.75 bits per heavy atom. The lowest BCUT2D eigenvalue weighted by molar-refractivity contribution is 0.311. The number of nitrogens with zero attached hydrogens (tertiary/aromatic N) is 5. The summed E-state index contributed by atoms with van der Waals surface area (Å²) in [5.41, 5.74) is 0.811. The molecule has 4 rings (SSSR count). The largest absolute Gasteiger partial charge is 0.494 e. The molecule has 8 nitrogen and oxygen atoms in total. The molecule has 0 atom stereocenters. The number of aromatic hydroxyl groups is 1. The summed E-state index contributed by atoms with van der Waals surface area (Å²) in [5, 5.41) is 15.9. The minimum absolute atomic E-state index is 0.0227. The Balaban J connectivity index is 1.61. The van der Waals surface area contributed by atoms with Crippen LogP contribution >= 0.6 is 22.9 Å². The topological polar surface area (TPSA) is 86.5 Å². The SMILES string of the molecule is CN1CCN(c2nc(NCCn3c(O)csc3=O)c3cc(Cl)ccc3n2)CC1. The average molecular weight is 421 g/mol. The van der Waals surface area contributed by atoms with Gasteiger partial charge in [0.05, 0.1) is 10.9 Å². The van der Waals surface area contributed by atoms with Crippen LogP contribution in [0.3, 0.4) is 0 Å². The highest BCUT2D eigenvalue weighted by molar-refractivity contribution is 7.07. The van der Waals surface area contributed by atoms with Gasteiger partial charge in [-0.25, -0.2) is 4.98 Å². The highest BCUT2D eigenvalue weighted by atomic mass is 35.5. The van der Waals surface area contributed by atoms with E-state index in [2.05, 4.69) is 22.2 Å². The number of thiazole rings is 1. The number of hydrogen-bond donors (Lipinski definition) is 2. The van der Waals surface area contributed by atoms with Crippen LogP contribution in [0.25, 0.3) is 10.9 Å². The van der Waals surface area contributed by atoms with E-state index < -0.39 is 0 Å². The lowest BCUT2D eigenvalue weighted by atomic mass is 10.2. The van der Waals surface area contributed by atoms with Crippen molar-refractivity contribution in [1.82, 2.24) is 19.4 Å². The number of fused-ring (bicyclic) bond motifs is 1. The Kier molecular flexibility index (Phi) is 5.38. The van der Waals surface area contributed by atoms with Crippen molar-refractivity contribution in [3.8, 4) is 5.88 Å². The molecule has 0 aliphatic carbocycles. The highest BCUT2D eigenvalue weighted by Gasteiger charge is 2.18. The number of nitrogens with one attached hydrogen (secondary N) is 1. The zero-order valence-corrected chi connectivity index (χ0v) is 17.0. The van der Waals surface area contributed by atoms with Gasteiger partial charge in [-0.3, -0.25) is 9.36 Å². The van der Waals surface area contributed by atoms with Gasteiger partial charge in [0.15, 0.2) is 0 Å². The van der Waals surface area contributed by atoms with Crippen molar-refractivity contribution in [3.05, 3.63) is 38.3 Å². The van der Waals surface area contributed by atoms with Gasteiger partial charge in [0.25, 0.3) is 0 Å². The molecule has 0 radical (unpaired) electrons. The minimum atomic E-state index is -0.187. The molecule has 2 aromatic heterocycles. The molecule has 2 N–H and O–H groups in total. The zero-order chi connectivity index (χ0) is 19.7. The summed E-state index contributed by atoms with van der Waals surface area (Å²) in [6, 6.07) is 5.54. The summed E-state index contributed by atoms with van der Waals surface area (Å²) in [7, 11) is 2.11. The van der Waals surface area contributed by atoms with Gasteiger partial charge in [-0.15, -0.1) is 0 Å². The van der Waals surface area contributed by atoms with Gasteiger partial charge < -0.3 is 20.2 Å². The Morgan fingerprint density at radius 1 is 1.25 bits per heavy atom. The molecule has 0 spiro atoms. The van der Waals surface area contributed by atoms with E-state index in [4.69, 9.17) is 21.6 Å². The maximum Gasteiger partial charge on any atom is 0.310 e. The molecule has 0 unspecified atom stereocenters. The first-order valence-corrected chi connectivity index (χ1v) is 10.3. The zero-order valence-electron chi connectivity index (χ0n) is 15.4. The van der Waals surface area contributed by atoms with Crippen LogP contribution in [-0.4, -0.2) is 64.3 Å². The molecule has 148 valence electrons. The van der Waals surface area contributed by atoms with Crippen LogP contribution < -0.4 is 15.1 Å². The third kappa shape index (κ3) is 3.91. The van der Waals surface area contributed by atoms with E-state index in [9.17, 15) is 9.90 Å². The molecule has 1 fully saturated rings. The summed E-state index contributed by atoms with van der Waals surface area (Å²) in [6.07, 6.45) is 0. The van der Waals surface area contributed by atoms with E-state index >= 15 is 0 Å². The Hall–Kier alpha value is -2.36. The fraction of sp³-hybridized carbons (Fsp3) is 0.389. The first kappa shape index (κ1) is 19.0. The summed E-state index contributed by atoms with van der Waals surface area (Å²) < 4.78 is 1.33. The monoisotopic (exact) mass is 420 g/mol. The predicted octanol–water partition coefficient (Wildman–Crippen LogP) is 2.08. The molecule has 1 aliphatic heterocycles. The van der Waals surface area contributed by atoms with Crippen LogP contribution in [-0.2, 0) is 6.54 Å². The summed E-state index contributed by atoms with van der Waals surface area (Å²) in [5.74, 6) is 1.33. The van der Waals surface area contributed by atoms with Crippen molar-refractivity contribution in [2.24, 2.45) is 0 Å². The highest BCUT2D eigenvalue weighted by Crippen LogP contribution is 2.27. The summed E-state index contributed by atoms with van der Waals surface area (Å²) in [4.78, 5) is 25.5. The molecule has 10 heteroatoms. The normalized spacial score (nSPS) is 15.3. The van der Waals surface area contributed by atoms with Gasteiger partial charge in [0.1, 0.15) is 5.82 Å². The number of hydrogen-bond acceptors (Lipinski definition) is 8. The number of benzene rings is 1. The number of anilines is 2. The van der Waals surface area contributed by atoms with E-state index in [0.29, 0.717) is 29.9 Å². The molecule has 1 saturated heterocycles. The standard InChI is InChI=1S/C18H21ClN6O2S/c1-23-6-8-24(9-7-23)17-21-14-3-2-12(19)10-13(14)16(22-17)20-4-5-25-15(26)11-28-18(25)27/h2-3,10-11,26H,4-9H2,1H3,(H,20,21,22). The fourth-order valence-electron chi connectivity index (χ4n) is 3.19. The Bertz CT molecular complexity index is 1040. The fourth-order valence-corrected chi connectivity index (χ4v) is 4.00. The number of likely N-dealkylation sites (N-methyl/N-ethyl adjacent to an activating group) is 1. The number of aromatic nitrogens is 3.